The minimum Gasteiger partial charge on any atom is -0.459 e. The van der Waals surface area contributed by atoms with Gasteiger partial charge in [0.1, 0.15) is 17.2 Å². The van der Waals surface area contributed by atoms with Crippen LogP contribution in [0.3, 0.4) is 0 Å². The standard InChI is InChI=1S/C14H17N3O2S/c1-14(2,3)19-11(18)9-15-13-17-16-12(20-13)10-7-5-4-6-8-10/h4-8H,9H2,1-3H3,(H,15,17). The Morgan fingerprint density at radius 1 is 1.25 bits per heavy atom. The molecular formula is C14H17N3O2S. The van der Waals surface area contributed by atoms with Crippen molar-refractivity contribution in [2.24, 2.45) is 0 Å². The molecule has 0 aliphatic rings. The van der Waals surface area contributed by atoms with Crippen molar-refractivity contribution >= 4 is 22.4 Å². The third-order valence-electron chi connectivity index (χ3n) is 2.25. The first-order valence-corrected chi connectivity index (χ1v) is 7.10. The Morgan fingerprint density at radius 3 is 2.60 bits per heavy atom. The first-order valence-electron chi connectivity index (χ1n) is 6.29. The molecule has 0 saturated carbocycles. The van der Waals surface area contributed by atoms with Gasteiger partial charge < -0.3 is 10.1 Å². The van der Waals surface area contributed by atoms with E-state index >= 15 is 0 Å². The molecule has 6 heteroatoms. The van der Waals surface area contributed by atoms with Gasteiger partial charge in [0.25, 0.3) is 0 Å². The molecule has 1 aromatic heterocycles. The van der Waals surface area contributed by atoms with Crippen molar-refractivity contribution in [3.8, 4) is 10.6 Å². The number of hydrogen-bond acceptors (Lipinski definition) is 6. The fraction of sp³-hybridized carbons (Fsp3) is 0.357. The van der Waals surface area contributed by atoms with Crippen molar-refractivity contribution in [2.75, 3.05) is 11.9 Å². The number of carbonyl (C=O) groups excluding carboxylic acids is 1. The number of nitrogens with zero attached hydrogens (tertiary/aromatic N) is 2. The minimum absolute atomic E-state index is 0.0840. The summed E-state index contributed by atoms with van der Waals surface area (Å²) in [5, 5.41) is 12.5. The molecule has 0 saturated heterocycles. The van der Waals surface area contributed by atoms with Crippen LogP contribution in [0.4, 0.5) is 5.13 Å². The van der Waals surface area contributed by atoms with Crippen LogP contribution in [0.5, 0.6) is 0 Å². The van der Waals surface area contributed by atoms with E-state index in [4.69, 9.17) is 4.74 Å². The number of benzene rings is 1. The number of hydrogen-bond donors (Lipinski definition) is 1. The monoisotopic (exact) mass is 291 g/mol. The Labute approximate surface area is 122 Å². The average molecular weight is 291 g/mol. The van der Waals surface area contributed by atoms with Crippen LogP contribution in [0.25, 0.3) is 10.6 Å². The molecule has 1 aromatic carbocycles. The highest BCUT2D eigenvalue weighted by atomic mass is 32.1. The highest BCUT2D eigenvalue weighted by Gasteiger charge is 2.16. The molecule has 106 valence electrons. The second-order valence-electron chi connectivity index (χ2n) is 5.22. The molecule has 0 aliphatic heterocycles. The third-order valence-corrected chi connectivity index (χ3v) is 3.18. The SMILES string of the molecule is CC(C)(C)OC(=O)CNc1nnc(-c2ccccc2)s1. The molecular weight excluding hydrogens is 274 g/mol. The Kier molecular flexibility index (Phi) is 4.34. The van der Waals surface area contributed by atoms with E-state index in [9.17, 15) is 4.79 Å². The van der Waals surface area contributed by atoms with E-state index in [0.717, 1.165) is 10.6 Å². The minimum atomic E-state index is -0.477. The normalized spacial score (nSPS) is 11.2. The summed E-state index contributed by atoms with van der Waals surface area (Å²) in [5.74, 6) is -0.311. The second-order valence-corrected chi connectivity index (χ2v) is 6.20. The molecule has 0 spiro atoms. The zero-order valence-electron chi connectivity index (χ0n) is 11.7. The van der Waals surface area contributed by atoms with Crippen LogP contribution in [-0.4, -0.2) is 28.3 Å². The average Bonchev–Trinajstić information content (AvgIpc) is 2.84. The molecule has 1 heterocycles. The summed E-state index contributed by atoms with van der Waals surface area (Å²) in [7, 11) is 0. The highest BCUT2D eigenvalue weighted by Crippen LogP contribution is 2.25. The Morgan fingerprint density at radius 2 is 1.95 bits per heavy atom. The summed E-state index contributed by atoms with van der Waals surface area (Å²) in [6.07, 6.45) is 0. The third kappa shape index (κ3) is 4.31. The lowest BCUT2D eigenvalue weighted by atomic mass is 10.2. The van der Waals surface area contributed by atoms with Gasteiger partial charge in [-0.25, -0.2) is 0 Å². The van der Waals surface area contributed by atoms with Crippen LogP contribution >= 0.6 is 11.3 Å². The molecule has 0 unspecified atom stereocenters. The lowest BCUT2D eigenvalue weighted by molar-refractivity contribution is -0.152. The quantitative estimate of drug-likeness (QED) is 0.877. The van der Waals surface area contributed by atoms with Gasteiger partial charge in [-0.1, -0.05) is 41.7 Å². The summed E-state index contributed by atoms with van der Waals surface area (Å²) >= 11 is 1.40. The van der Waals surface area contributed by atoms with E-state index in [1.807, 2.05) is 51.1 Å². The molecule has 0 amide bonds. The zero-order valence-corrected chi connectivity index (χ0v) is 12.5. The van der Waals surface area contributed by atoms with E-state index in [1.54, 1.807) is 0 Å². The number of rotatable bonds is 4. The molecule has 1 N–H and O–H groups in total. The van der Waals surface area contributed by atoms with Crippen molar-refractivity contribution in [3.05, 3.63) is 30.3 Å². The van der Waals surface area contributed by atoms with Gasteiger partial charge in [-0.2, -0.15) is 0 Å². The number of esters is 1. The smallest absolute Gasteiger partial charge is 0.325 e. The maximum absolute atomic E-state index is 11.6. The predicted octanol–water partition coefficient (Wildman–Crippen LogP) is 2.96. The van der Waals surface area contributed by atoms with Crippen LogP contribution in [0.1, 0.15) is 20.8 Å². The van der Waals surface area contributed by atoms with Crippen LogP contribution in [0.2, 0.25) is 0 Å². The largest absolute Gasteiger partial charge is 0.459 e. The van der Waals surface area contributed by atoms with Gasteiger partial charge in [-0.3, -0.25) is 4.79 Å². The summed E-state index contributed by atoms with van der Waals surface area (Å²) in [6.45, 7) is 5.59. The van der Waals surface area contributed by atoms with Crippen molar-refractivity contribution in [1.29, 1.82) is 0 Å². The number of ether oxygens (including phenoxy) is 1. The maximum atomic E-state index is 11.6. The molecule has 20 heavy (non-hydrogen) atoms. The van der Waals surface area contributed by atoms with Crippen LogP contribution < -0.4 is 5.32 Å². The molecule has 0 atom stereocenters. The first-order chi connectivity index (χ1) is 9.44. The molecule has 2 aromatic rings. The van der Waals surface area contributed by atoms with Gasteiger partial charge in [0.05, 0.1) is 0 Å². The predicted molar refractivity (Wildman–Crippen MR) is 79.7 cm³/mol. The fourth-order valence-corrected chi connectivity index (χ4v) is 2.26. The highest BCUT2D eigenvalue weighted by molar-refractivity contribution is 7.18. The first kappa shape index (κ1) is 14.5. The summed E-state index contributed by atoms with van der Waals surface area (Å²) in [6, 6.07) is 9.79. The molecule has 2 rings (SSSR count). The van der Waals surface area contributed by atoms with Gasteiger partial charge in [0.2, 0.25) is 5.13 Å². The van der Waals surface area contributed by atoms with Crippen LogP contribution in [-0.2, 0) is 9.53 Å². The van der Waals surface area contributed by atoms with Gasteiger partial charge in [0, 0.05) is 5.56 Å². The summed E-state index contributed by atoms with van der Waals surface area (Å²) in [4.78, 5) is 11.6. The summed E-state index contributed by atoms with van der Waals surface area (Å²) < 4.78 is 5.21. The van der Waals surface area contributed by atoms with E-state index in [1.165, 1.54) is 11.3 Å². The van der Waals surface area contributed by atoms with Crippen LogP contribution in [0, 0.1) is 0 Å². The number of anilines is 1. The van der Waals surface area contributed by atoms with Crippen molar-refractivity contribution in [3.63, 3.8) is 0 Å². The summed E-state index contributed by atoms with van der Waals surface area (Å²) in [5.41, 5.74) is 0.532. The molecule has 5 nitrogen and oxygen atoms in total. The number of aromatic nitrogens is 2. The van der Waals surface area contributed by atoms with Crippen molar-refractivity contribution < 1.29 is 9.53 Å². The molecule has 0 bridgehead atoms. The van der Waals surface area contributed by atoms with Crippen molar-refractivity contribution in [2.45, 2.75) is 26.4 Å². The zero-order chi connectivity index (χ0) is 14.6. The molecule has 0 aliphatic carbocycles. The Balaban J connectivity index is 1.92. The van der Waals surface area contributed by atoms with E-state index in [2.05, 4.69) is 15.5 Å². The van der Waals surface area contributed by atoms with Crippen molar-refractivity contribution in [1.82, 2.24) is 10.2 Å². The lowest BCUT2D eigenvalue weighted by Crippen LogP contribution is -2.28. The molecule has 0 radical (unpaired) electrons. The Hall–Kier alpha value is -1.95. The molecule has 0 fully saturated rings. The van der Waals surface area contributed by atoms with Gasteiger partial charge >= 0.3 is 5.97 Å². The number of nitrogens with one attached hydrogen (secondary N) is 1. The second kappa shape index (κ2) is 6.00. The van der Waals surface area contributed by atoms with Gasteiger partial charge in [-0.05, 0) is 20.8 Å². The maximum Gasteiger partial charge on any atom is 0.325 e. The van der Waals surface area contributed by atoms with E-state index < -0.39 is 5.60 Å². The van der Waals surface area contributed by atoms with Gasteiger partial charge in [0.15, 0.2) is 0 Å². The lowest BCUT2D eigenvalue weighted by Gasteiger charge is -2.19. The fourth-order valence-electron chi connectivity index (χ4n) is 1.52. The topological polar surface area (TPSA) is 64.1 Å². The number of carbonyl (C=O) groups is 1. The van der Waals surface area contributed by atoms with E-state index in [0.29, 0.717) is 5.13 Å². The Bertz CT molecular complexity index is 576. The van der Waals surface area contributed by atoms with Crippen LogP contribution in [0.15, 0.2) is 30.3 Å². The van der Waals surface area contributed by atoms with Gasteiger partial charge in [-0.15, -0.1) is 10.2 Å². The van der Waals surface area contributed by atoms with E-state index in [-0.39, 0.29) is 12.5 Å².